The Kier molecular flexibility index (Phi) is 10.7. The Bertz CT molecular complexity index is 668. The van der Waals surface area contributed by atoms with Crippen molar-refractivity contribution < 1.29 is 23.4 Å². The van der Waals surface area contributed by atoms with Crippen LogP contribution in [-0.4, -0.2) is 39.0 Å². The second-order valence-corrected chi connectivity index (χ2v) is 10.9. The van der Waals surface area contributed by atoms with Gasteiger partial charge in [-0.1, -0.05) is 49.1 Å². The summed E-state index contributed by atoms with van der Waals surface area (Å²) in [6.07, 6.45) is 7.58. The maximum atomic E-state index is 12.2. The van der Waals surface area contributed by atoms with Crippen LogP contribution >= 0.6 is 7.82 Å². The summed E-state index contributed by atoms with van der Waals surface area (Å²) in [6, 6.07) is 6.66. The van der Waals surface area contributed by atoms with Gasteiger partial charge in [-0.05, 0) is 67.7 Å². The van der Waals surface area contributed by atoms with Gasteiger partial charge in [0.2, 0.25) is 0 Å². The fraction of sp³-hybridized carbons (Fsp3) is 0.714. The van der Waals surface area contributed by atoms with Crippen LogP contribution in [0.1, 0.15) is 68.1 Å². The molecular weight excluding hydrogens is 409 g/mol. The van der Waals surface area contributed by atoms with Crippen molar-refractivity contribution in [2.24, 2.45) is 11.7 Å². The van der Waals surface area contributed by atoms with E-state index < -0.39 is 19.0 Å². The van der Waals surface area contributed by atoms with E-state index in [-0.39, 0.29) is 12.5 Å². The lowest BCUT2D eigenvalue weighted by molar-refractivity contribution is 0.193. The van der Waals surface area contributed by atoms with E-state index in [1.807, 2.05) is 0 Å². The fourth-order valence-corrected chi connectivity index (χ4v) is 5.95. The van der Waals surface area contributed by atoms with Gasteiger partial charge in [-0.2, -0.15) is 0 Å². The standard InChI is InChI=1S/C21H36NO5PS/c1-2-3-12-29(26)16-17-7-8-19-14-20(10-9-18(19)13-17)21(15-22)6-4-5-11-27-28(23,24)25/h9-10,14,17,21H,2-8,11-13,15-16,22H2,1H3,(H2,23,24,25)/t17-,21+,29?/m1/s1. The highest BCUT2D eigenvalue weighted by Gasteiger charge is 2.24. The van der Waals surface area contributed by atoms with Crippen molar-refractivity contribution in [3.8, 4) is 0 Å². The fourth-order valence-electron chi connectivity index (χ4n) is 4.00. The molecule has 0 aromatic heterocycles. The van der Waals surface area contributed by atoms with Crippen LogP contribution in [0.5, 0.6) is 0 Å². The summed E-state index contributed by atoms with van der Waals surface area (Å²) in [7, 11) is -4.37. The molecule has 2 rings (SSSR count). The zero-order valence-electron chi connectivity index (χ0n) is 17.4. The van der Waals surface area contributed by atoms with Gasteiger partial charge in [0.1, 0.15) is 11.5 Å². The summed E-state index contributed by atoms with van der Waals surface area (Å²) < 4.78 is 27.4. The van der Waals surface area contributed by atoms with Crippen LogP contribution in [-0.2, 0) is 33.1 Å². The maximum absolute atomic E-state index is 12.2. The van der Waals surface area contributed by atoms with Crippen molar-refractivity contribution in [2.45, 2.75) is 64.2 Å². The molecule has 1 aliphatic rings. The minimum absolute atomic E-state index is 0.0623. The summed E-state index contributed by atoms with van der Waals surface area (Å²) in [6.45, 7) is 2.75. The molecule has 4 N–H and O–H groups in total. The van der Waals surface area contributed by atoms with Crippen LogP contribution in [0.15, 0.2) is 18.2 Å². The highest BCUT2D eigenvalue weighted by molar-refractivity contribution is 7.91. The predicted molar refractivity (Wildman–Crippen MR) is 118 cm³/mol. The monoisotopic (exact) mass is 445 g/mol. The number of rotatable bonds is 13. The first kappa shape index (κ1) is 24.9. The van der Waals surface area contributed by atoms with E-state index in [4.69, 9.17) is 15.5 Å². The second kappa shape index (κ2) is 12.5. The molecule has 0 spiro atoms. The lowest BCUT2D eigenvalue weighted by Crippen LogP contribution is -2.24. The molecule has 1 aliphatic carbocycles. The molecule has 0 fully saturated rings. The van der Waals surface area contributed by atoms with E-state index in [2.05, 4.69) is 29.6 Å². The summed E-state index contributed by atoms with van der Waals surface area (Å²) in [5.74, 6) is 2.42. The number of hydrogen-bond acceptors (Lipinski definition) is 4. The van der Waals surface area contributed by atoms with E-state index in [0.717, 1.165) is 56.5 Å². The van der Waals surface area contributed by atoms with Gasteiger partial charge in [0, 0.05) is 5.92 Å². The van der Waals surface area contributed by atoms with Crippen molar-refractivity contribution in [2.75, 3.05) is 24.7 Å². The average Bonchev–Trinajstić information content (AvgIpc) is 2.68. The summed E-state index contributed by atoms with van der Waals surface area (Å²) >= 11 is -0.694. The van der Waals surface area contributed by atoms with Crippen LogP contribution in [0.3, 0.4) is 0 Å². The molecule has 3 atom stereocenters. The SMILES string of the molecule is CCCC[S+]([O-])C[C@@H]1CCc2cc([C@H](CN)CCCCOP(=O)(O)O)ccc2C1. The molecule has 6 nitrogen and oxygen atoms in total. The molecule has 1 unspecified atom stereocenters. The smallest absolute Gasteiger partial charge is 0.469 e. The van der Waals surface area contributed by atoms with Crippen molar-refractivity contribution in [1.29, 1.82) is 0 Å². The quantitative estimate of drug-likeness (QED) is 0.242. The Labute approximate surface area is 178 Å². The Balaban J connectivity index is 1.85. The third-order valence-corrected chi connectivity index (χ3v) is 7.78. The zero-order chi connectivity index (χ0) is 21.3. The van der Waals surface area contributed by atoms with Crippen molar-refractivity contribution >= 4 is 19.0 Å². The molecule has 0 amide bonds. The largest absolute Gasteiger partial charge is 0.616 e. The topological polar surface area (TPSA) is 116 Å². The number of hydrogen-bond donors (Lipinski definition) is 3. The van der Waals surface area contributed by atoms with E-state index >= 15 is 0 Å². The zero-order valence-corrected chi connectivity index (χ0v) is 19.1. The third-order valence-electron chi connectivity index (χ3n) is 5.67. The van der Waals surface area contributed by atoms with Gasteiger partial charge in [0.05, 0.1) is 6.61 Å². The molecule has 29 heavy (non-hydrogen) atoms. The number of fused-ring (bicyclic) bond motifs is 1. The van der Waals surface area contributed by atoms with Crippen LogP contribution in [0.25, 0.3) is 0 Å². The second-order valence-electron chi connectivity index (χ2n) is 8.05. The van der Waals surface area contributed by atoms with Gasteiger partial charge in [0.15, 0.2) is 0 Å². The van der Waals surface area contributed by atoms with Crippen molar-refractivity contribution in [3.05, 3.63) is 34.9 Å². The van der Waals surface area contributed by atoms with Gasteiger partial charge >= 0.3 is 7.82 Å². The van der Waals surface area contributed by atoms with E-state index in [9.17, 15) is 9.12 Å². The van der Waals surface area contributed by atoms with Gasteiger partial charge in [-0.3, -0.25) is 4.52 Å². The molecule has 0 saturated heterocycles. The first-order valence-corrected chi connectivity index (χ1v) is 13.7. The van der Waals surface area contributed by atoms with Crippen LogP contribution in [0.4, 0.5) is 0 Å². The minimum Gasteiger partial charge on any atom is -0.616 e. The molecule has 0 bridgehead atoms. The predicted octanol–water partition coefficient (Wildman–Crippen LogP) is 3.66. The molecule has 0 radical (unpaired) electrons. The first-order chi connectivity index (χ1) is 13.8. The molecular formula is C21H36NO5PS. The Morgan fingerprint density at radius 3 is 2.79 bits per heavy atom. The van der Waals surface area contributed by atoms with Crippen LogP contribution in [0.2, 0.25) is 0 Å². The lowest BCUT2D eigenvalue weighted by Gasteiger charge is -2.27. The van der Waals surface area contributed by atoms with Gasteiger partial charge < -0.3 is 20.1 Å². The number of aryl methyl sites for hydroxylation is 1. The molecule has 0 aliphatic heterocycles. The first-order valence-electron chi connectivity index (χ1n) is 10.7. The molecule has 8 heteroatoms. The number of nitrogens with two attached hydrogens (primary N) is 1. The number of phosphoric acid groups is 1. The highest BCUT2D eigenvalue weighted by Crippen LogP contribution is 2.36. The summed E-state index contributed by atoms with van der Waals surface area (Å²) in [5, 5.41) is 0. The van der Waals surface area contributed by atoms with Gasteiger partial charge in [0.25, 0.3) is 0 Å². The van der Waals surface area contributed by atoms with E-state index in [1.54, 1.807) is 0 Å². The summed E-state index contributed by atoms with van der Waals surface area (Å²) in [5.41, 5.74) is 10.0. The van der Waals surface area contributed by atoms with Crippen molar-refractivity contribution in [3.63, 3.8) is 0 Å². The lowest BCUT2D eigenvalue weighted by atomic mass is 9.82. The van der Waals surface area contributed by atoms with Crippen molar-refractivity contribution in [1.82, 2.24) is 0 Å². The van der Waals surface area contributed by atoms with Crippen LogP contribution < -0.4 is 5.73 Å². The Morgan fingerprint density at radius 1 is 1.31 bits per heavy atom. The maximum Gasteiger partial charge on any atom is 0.469 e. The third kappa shape index (κ3) is 9.09. The highest BCUT2D eigenvalue weighted by atomic mass is 32.2. The van der Waals surface area contributed by atoms with Crippen LogP contribution in [0, 0.1) is 5.92 Å². The number of phosphoric ester groups is 1. The van der Waals surface area contributed by atoms with E-state index in [1.165, 1.54) is 16.7 Å². The average molecular weight is 446 g/mol. The Morgan fingerprint density at radius 2 is 2.10 bits per heavy atom. The molecule has 166 valence electrons. The normalized spacial score (nSPS) is 19.0. The number of benzene rings is 1. The number of unbranched alkanes of at least 4 members (excludes halogenated alkanes) is 2. The molecule has 0 saturated carbocycles. The Hall–Kier alpha value is -0.400. The van der Waals surface area contributed by atoms with Gasteiger partial charge in [-0.25, -0.2) is 4.57 Å². The molecule has 1 aromatic carbocycles. The van der Waals surface area contributed by atoms with E-state index in [0.29, 0.717) is 18.9 Å². The minimum atomic E-state index is -4.37. The summed E-state index contributed by atoms with van der Waals surface area (Å²) in [4.78, 5) is 17.4. The van der Waals surface area contributed by atoms with Gasteiger partial charge in [-0.15, -0.1) is 0 Å². The molecule has 1 aromatic rings. The molecule has 0 heterocycles.